The molecule has 1 rings (SSSR count). The van der Waals surface area contributed by atoms with Gasteiger partial charge in [0.05, 0.1) is 5.02 Å². The molecule has 1 unspecified atom stereocenters. The maximum Gasteiger partial charge on any atom is 0.144 e. The van der Waals surface area contributed by atoms with Crippen molar-refractivity contribution in [1.82, 2.24) is 5.32 Å². The van der Waals surface area contributed by atoms with Crippen LogP contribution in [0.4, 0.5) is 4.39 Å². The summed E-state index contributed by atoms with van der Waals surface area (Å²) in [5.74, 6) is 0.857. The Morgan fingerprint density at radius 2 is 2.00 bits per heavy atom. The van der Waals surface area contributed by atoms with E-state index in [0.29, 0.717) is 11.8 Å². The van der Waals surface area contributed by atoms with Gasteiger partial charge in [-0.3, -0.25) is 0 Å². The lowest BCUT2D eigenvalue weighted by molar-refractivity contribution is 0.415. The Balaban J connectivity index is 2.59. The highest BCUT2D eigenvalue weighted by Crippen LogP contribution is 2.22. The third-order valence-corrected chi connectivity index (χ3v) is 3.51. The molecule has 0 heterocycles. The van der Waals surface area contributed by atoms with Crippen molar-refractivity contribution in [2.24, 2.45) is 11.8 Å². The van der Waals surface area contributed by atoms with Gasteiger partial charge in [0, 0.05) is 0 Å². The molecule has 108 valence electrons. The molecule has 0 radical (unpaired) electrons. The second-order valence-electron chi connectivity index (χ2n) is 5.62. The lowest BCUT2D eigenvalue weighted by Gasteiger charge is -2.18. The highest BCUT2D eigenvalue weighted by molar-refractivity contribution is 6.30. The van der Waals surface area contributed by atoms with E-state index in [9.17, 15) is 4.39 Å². The molecule has 0 aliphatic heterocycles. The van der Waals surface area contributed by atoms with E-state index in [1.165, 1.54) is 0 Å². The van der Waals surface area contributed by atoms with E-state index in [-0.39, 0.29) is 10.8 Å². The zero-order valence-electron chi connectivity index (χ0n) is 12.2. The predicted molar refractivity (Wildman–Crippen MR) is 81.2 cm³/mol. The third-order valence-electron chi connectivity index (χ3n) is 3.22. The standard InChI is InChI=1S/C16H25ClFN/c1-4-6-13(11-19-10-12(2)3)9-14-7-5-8-15(17)16(14)18/h5,7-8,12-13,19H,4,6,9-11H2,1-3H3. The lowest BCUT2D eigenvalue weighted by Crippen LogP contribution is -2.27. The summed E-state index contributed by atoms with van der Waals surface area (Å²) in [4.78, 5) is 0. The average Bonchev–Trinajstić information content (AvgIpc) is 2.34. The molecule has 0 aliphatic carbocycles. The van der Waals surface area contributed by atoms with Crippen LogP contribution in [0.25, 0.3) is 0 Å². The van der Waals surface area contributed by atoms with Crippen molar-refractivity contribution in [2.45, 2.75) is 40.0 Å². The Hall–Kier alpha value is -0.600. The average molecular weight is 286 g/mol. The Morgan fingerprint density at radius 3 is 2.63 bits per heavy atom. The highest BCUT2D eigenvalue weighted by atomic mass is 35.5. The van der Waals surface area contributed by atoms with E-state index in [1.807, 2.05) is 12.1 Å². The van der Waals surface area contributed by atoms with E-state index in [4.69, 9.17) is 11.6 Å². The summed E-state index contributed by atoms with van der Waals surface area (Å²) in [7, 11) is 0. The molecule has 0 saturated carbocycles. The molecule has 1 aromatic carbocycles. The Kier molecular flexibility index (Phi) is 7.40. The van der Waals surface area contributed by atoms with Crippen molar-refractivity contribution in [1.29, 1.82) is 0 Å². The normalized spacial score (nSPS) is 12.9. The second kappa shape index (κ2) is 8.55. The van der Waals surface area contributed by atoms with Crippen molar-refractivity contribution < 1.29 is 4.39 Å². The monoisotopic (exact) mass is 285 g/mol. The first-order valence-electron chi connectivity index (χ1n) is 7.18. The first-order valence-corrected chi connectivity index (χ1v) is 7.56. The minimum Gasteiger partial charge on any atom is -0.316 e. The number of hydrogen-bond acceptors (Lipinski definition) is 1. The predicted octanol–water partition coefficient (Wildman–Crippen LogP) is 4.68. The van der Waals surface area contributed by atoms with Gasteiger partial charge in [-0.2, -0.15) is 0 Å². The third kappa shape index (κ3) is 5.92. The summed E-state index contributed by atoms with van der Waals surface area (Å²) in [5.41, 5.74) is 0.734. The minimum atomic E-state index is -0.255. The molecule has 19 heavy (non-hydrogen) atoms. The molecule has 1 nitrogen and oxygen atoms in total. The van der Waals surface area contributed by atoms with Gasteiger partial charge in [0.25, 0.3) is 0 Å². The fourth-order valence-electron chi connectivity index (χ4n) is 2.28. The topological polar surface area (TPSA) is 12.0 Å². The smallest absolute Gasteiger partial charge is 0.144 e. The quantitative estimate of drug-likeness (QED) is 0.731. The number of rotatable bonds is 8. The van der Waals surface area contributed by atoms with Gasteiger partial charge in [-0.15, -0.1) is 0 Å². The summed E-state index contributed by atoms with van der Waals surface area (Å²) in [6, 6.07) is 5.27. The molecule has 0 aliphatic rings. The van der Waals surface area contributed by atoms with Crippen LogP contribution in [0, 0.1) is 17.7 Å². The maximum absolute atomic E-state index is 13.9. The molecule has 0 amide bonds. The van der Waals surface area contributed by atoms with Crippen LogP contribution in [0.3, 0.4) is 0 Å². The van der Waals surface area contributed by atoms with Crippen molar-refractivity contribution in [3.63, 3.8) is 0 Å². The summed E-state index contributed by atoms with van der Waals surface area (Å²) < 4.78 is 13.9. The molecular formula is C16H25ClFN. The molecule has 0 saturated heterocycles. The first-order chi connectivity index (χ1) is 9.04. The van der Waals surface area contributed by atoms with Gasteiger partial charge in [0.2, 0.25) is 0 Å². The maximum atomic E-state index is 13.9. The molecular weight excluding hydrogens is 261 g/mol. The minimum absolute atomic E-state index is 0.225. The summed E-state index contributed by atoms with van der Waals surface area (Å²) in [6.07, 6.45) is 2.98. The van der Waals surface area contributed by atoms with Crippen LogP contribution in [0.2, 0.25) is 5.02 Å². The van der Waals surface area contributed by atoms with Crippen LogP contribution < -0.4 is 5.32 Å². The van der Waals surface area contributed by atoms with Gasteiger partial charge in [0.15, 0.2) is 0 Å². The fourth-order valence-corrected chi connectivity index (χ4v) is 2.47. The van der Waals surface area contributed by atoms with Crippen molar-refractivity contribution in [3.05, 3.63) is 34.6 Å². The molecule has 0 fully saturated rings. The zero-order valence-corrected chi connectivity index (χ0v) is 12.9. The van der Waals surface area contributed by atoms with Crippen LogP contribution in [-0.4, -0.2) is 13.1 Å². The fraction of sp³-hybridized carbons (Fsp3) is 0.625. The van der Waals surface area contributed by atoms with E-state index in [0.717, 1.165) is 37.9 Å². The van der Waals surface area contributed by atoms with E-state index < -0.39 is 0 Å². The van der Waals surface area contributed by atoms with Gasteiger partial charge >= 0.3 is 0 Å². The van der Waals surface area contributed by atoms with Gasteiger partial charge in [-0.05, 0) is 49.4 Å². The van der Waals surface area contributed by atoms with Crippen LogP contribution >= 0.6 is 11.6 Å². The second-order valence-corrected chi connectivity index (χ2v) is 6.03. The summed E-state index contributed by atoms with van der Waals surface area (Å²) in [6.45, 7) is 8.51. The van der Waals surface area contributed by atoms with Gasteiger partial charge < -0.3 is 5.32 Å². The van der Waals surface area contributed by atoms with Gasteiger partial charge in [-0.25, -0.2) is 4.39 Å². The molecule has 1 atom stereocenters. The molecule has 3 heteroatoms. The summed E-state index contributed by atoms with van der Waals surface area (Å²) >= 11 is 5.83. The first kappa shape index (κ1) is 16.5. The molecule has 0 spiro atoms. The van der Waals surface area contributed by atoms with Crippen molar-refractivity contribution in [2.75, 3.05) is 13.1 Å². The Labute approximate surface area is 121 Å². The van der Waals surface area contributed by atoms with Gasteiger partial charge in [-0.1, -0.05) is 50.9 Å². The van der Waals surface area contributed by atoms with Crippen LogP contribution in [-0.2, 0) is 6.42 Å². The van der Waals surface area contributed by atoms with E-state index in [2.05, 4.69) is 26.1 Å². The number of halogens is 2. The van der Waals surface area contributed by atoms with Gasteiger partial charge in [0.1, 0.15) is 5.82 Å². The Morgan fingerprint density at radius 1 is 1.26 bits per heavy atom. The highest BCUT2D eigenvalue weighted by Gasteiger charge is 2.13. The number of benzene rings is 1. The molecule has 1 N–H and O–H groups in total. The summed E-state index contributed by atoms with van der Waals surface area (Å²) in [5, 5.41) is 3.69. The van der Waals surface area contributed by atoms with Crippen LogP contribution in [0.1, 0.15) is 39.2 Å². The Bertz CT molecular complexity index is 379. The van der Waals surface area contributed by atoms with Crippen LogP contribution in [0.5, 0.6) is 0 Å². The van der Waals surface area contributed by atoms with Crippen molar-refractivity contribution >= 4 is 11.6 Å². The zero-order chi connectivity index (χ0) is 14.3. The number of hydrogen-bond donors (Lipinski definition) is 1. The largest absolute Gasteiger partial charge is 0.316 e. The van der Waals surface area contributed by atoms with E-state index in [1.54, 1.807) is 6.07 Å². The SMILES string of the molecule is CCCC(CNCC(C)C)Cc1cccc(Cl)c1F. The molecule has 0 aromatic heterocycles. The van der Waals surface area contributed by atoms with E-state index >= 15 is 0 Å². The molecule has 1 aromatic rings. The number of nitrogens with one attached hydrogen (secondary N) is 1. The molecule has 0 bridgehead atoms. The lowest BCUT2D eigenvalue weighted by atomic mass is 9.94. The van der Waals surface area contributed by atoms with Crippen LogP contribution in [0.15, 0.2) is 18.2 Å². The van der Waals surface area contributed by atoms with Crippen molar-refractivity contribution in [3.8, 4) is 0 Å².